The maximum absolute atomic E-state index is 14.1. The first-order valence-corrected chi connectivity index (χ1v) is 7.56. The van der Waals surface area contributed by atoms with Gasteiger partial charge in [0, 0.05) is 17.7 Å². The Hall–Kier alpha value is -3.42. The number of H-pyrrole nitrogens is 1. The fourth-order valence-electron chi connectivity index (χ4n) is 2.35. The second kappa shape index (κ2) is 7.22. The molecule has 1 heterocycles. The Kier molecular flexibility index (Phi) is 4.83. The van der Waals surface area contributed by atoms with Crippen LogP contribution in [0.2, 0.25) is 0 Å². The molecule has 0 aliphatic heterocycles. The highest BCUT2D eigenvalue weighted by Crippen LogP contribution is 2.32. The van der Waals surface area contributed by atoms with E-state index in [0.717, 1.165) is 6.07 Å². The second-order valence-electron chi connectivity index (χ2n) is 5.31. The van der Waals surface area contributed by atoms with Crippen molar-refractivity contribution in [2.24, 2.45) is 0 Å². The normalized spacial score (nSPS) is 10.5. The summed E-state index contributed by atoms with van der Waals surface area (Å²) >= 11 is 0. The smallest absolute Gasteiger partial charge is 0.273 e. The lowest BCUT2D eigenvalue weighted by molar-refractivity contribution is 0.102. The van der Waals surface area contributed by atoms with Crippen molar-refractivity contribution in [1.29, 1.82) is 0 Å². The van der Waals surface area contributed by atoms with Crippen molar-refractivity contribution in [3.8, 4) is 22.8 Å². The van der Waals surface area contributed by atoms with Crippen LogP contribution in [0, 0.1) is 11.6 Å². The van der Waals surface area contributed by atoms with Gasteiger partial charge in [0.05, 0.1) is 25.6 Å². The predicted molar refractivity (Wildman–Crippen MR) is 91.4 cm³/mol. The van der Waals surface area contributed by atoms with E-state index in [-0.39, 0.29) is 28.7 Å². The number of ether oxygens (including phenoxy) is 2. The Labute approximate surface area is 147 Å². The van der Waals surface area contributed by atoms with Crippen molar-refractivity contribution in [3.05, 3.63) is 59.8 Å². The van der Waals surface area contributed by atoms with E-state index in [1.807, 2.05) is 0 Å². The molecule has 6 nitrogen and oxygen atoms in total. The third-order valence-electron chi connectivity index (χ3n) is 3.68. The van der Waals surface area contributed by atoms with Gasteiger partial charge in [-0.25, -0.2) is 8.78 Å². The predicted octanol–water partition coefficient (Wildman–Crippen LogP) is 3.62. The summed E-state index contributed by atoms with van der Waals surface area (Å²) in [4.78, 5) is 12.3. The van der Waals surface area contributed by atoms with Crippen LogP contribution < -0.4 is 14.8 Å². The van der Waals surface area contributed by atoms with Crippen LogP contribution in [0.5, 0.6) is 11.5 Å². The van der Waals surface area contributed by atoms with Gasteiger partial charge in [-0.05, 0) is 30.3 Å². The average Bonchev–Trinajstić information content (AvgIpc) is 3.13. The van der Waals surface area contributed by atoms with E-state index >= 15 is 0 Å². The van der Waals surface area contributed by atoms with Crippen molar-refractivity contribution in [1.82, 2.24) is 10.2 Å². The van der Waals surface area contributed by atoms with Gasteiger partial charge in [-0.1, -0.05) is 0 Å². The van der Waals surface area contributed by atoms with Gasteiger partial charge in [0.25, 0.3) is 5.91 Å². The molecule has 1 amide bonds. The Morgan fingerprint density at radius 1 is 1.04 bits per heavy atom. The summed E-state index contributed by atoms with van der Waals surface area (Å²) in [6.45, 7) is 0. The summed E-state index contributed by atoms with van der Waals surface area (Å²) in [7, 11) is 2.79. The number of anilines is 1. The van der Waals surface area contributed by atoms with Crippen LogP contribution >= 0.6 is 0 Å². The van der Waals surface area contributed by atoms with E-state index in [0.29, 0.717) is 11.3 Å². The van der Waals surface area contributed by atoms with Crippen LogP contribution in [-0.2, 0) is 0 Å². The highest BCUT2D eigenvalue weighted by Gasteiger charge is 2.16. The Bertz CT molecular complexity index is 939. The summed E-state index contributed by atoms with van der Waals surface area (Å²) in [5.74, 6) is -1.14. The number of hydrogen-bond donors (Lipinski definition) is 2. The Morgan fingerprint density at radius 3 is 2.35 bits per heavy atom. The second-order valence-corrected chi connectivity index (χ2v) is 5.31. The molecule has 0 atom stereocenters. The van der Waals surface area contributed by atoms with Gasteiger partial charge >= 0.3 is 0 Å². The molecular formula is C18H15F2N3O3. The number of rotatable bonds is 5. The number of amides is 1. The summed E-state index contributed by atoms with van der Waals surface area (Å²) in [5.41, 5.74) is 1.16. The van der Waals surface area contributed by atoms with Crippen LogP contribution in [0.1, 0.15) is 10.5 Å². The molecule has 1 aromatic heterocycles. The first-order valence-electron chi connectivity index (χ1n) is 7.56. The molecule has 3 aromatic rings. The fourth-order valence-corrected chi connectivity index (χ4v) is 2.35. The Balaban J connectivity index is 1.82. The molecular weight excluding hydrogens is 344 g/mol. The van der Waals surface area contributed by atoms with E-state index in [2.05, 4.69) is 15.5 Å². The average molecular weight is 359 g/mol. The molecule has 0 radical (unpaired) electrons. The maximum Gasteiger partial charge on any atom is 0.273 e. The van der Waals surface area contributed by atoms with E-state index in [9.17, 15) is 13.6 Å². The van der Waals surface area contributed by atoms with Crippen LogP contribution in [0.4, 0.5) is 14.5 Å². The monoisotopic (exact) mass is 359 g/mol. The van der Waals surface area contributed by atoms with Crippen LogP contribution in [0.3, 0.4) is 0 Å². The number of methoxy groups -OCH3 is 2. The molecule has 0 spiro atoms. The summed E-state index contributed by atoms with van der Waals surface area (Å²) in [6, 6.07) is 9.60. The van der Waals surface area contributed by atoms with Gasteiger partial charge in [-0.2, -0.15) is 5.10 Å². The van der Waals surface area contributed by atoms with E-state index in [1.54, 1.807) is 12.1 Å². The molecule has 0 unspecified atom stereocenters. The lowest BCUT2D eigenvalue weighted by Crippen LogP contribution is -2.13. The molecule has 2 aromatic carbocycles. The minimum absolute atomic E-state index is 0.0643. The number of aromatic amines is 1. The zero-order valence-electron chi connectivity index (χ0n) is 14.0. The first-order chi connectivity index (χ1) is 12.5. The van der Waals surface area contributed by atoms with E-state index < -0.39 is 11.7 Å². The van der Waals surface area contributed by atoms with Crippen molar-refractivity contribution < 1.29 is 23.0 Å². The molecule has 0 bridgehead atoms. The molecule has 2 N–H and O–H groups in total. The van der Waals surface area contributed by atoms with Crippen LogP contribution in [-0.4, -0.2) is 30.3 Å². The van der Waals surface area contributed by atoms with Gasteiger partial charge in [0.15, 0.2) is 17.3 Å². The number of hydrogen-bond acceptors (Lipinski definition) is 4. The molecule has 8 heteroatoms. The van der Waals surface area contributed by atoms with Crippen molar-refractivity contribution in [2.75, 3.05) is 19.5 Å². The van der Waals surface area contributed by atoms with Gasteiger partial charge < -0.3 is 14.8 Å². The van der Waals surface area contributed by atoms with Crippen molar-refractivity contribution >= 4 is 11.6 Å². The molecule has 3 rings (SSSR count). The zero-order chi connectivity index (χ0) is 18.7. The summed E-state index contributed by atoms with van der Waals surface area (Å²) < 4.78 is 37.2. The third kappa shape index (κ3) is 3.49. The zero-order valence-corrected chi connectivity index (χ0v) is 14.0. The number of carbonyl (C=O) groups excluding carboxylic acids is 1. The number of benzene rings is 2. The summed E-state index contributed by atoms with van der Waals surface area (Å²) in [5, 5.41) is 9.04. The maximum atomic E-state index is 14.1. The number of carbonyl (C=O) groups is 1. The van der Waals surface area contributed by atoms with Crippen LogP contribution in [0.25, 0.3) is 11.3 Å². The minimum atomic E-state index is -0.672. The van der Waals surface area contributed by atoms with Crippen molar-refractivity contribution in [2.45, 2.75) is 0 Å². The molecule has 134 valence electrons. The highest BCUT2D eigenvalue weighted by molar-refractivity contribution is 6.03. The van der Waals surface area contributed by atoms with E-state index in [4.69, 9.17) is 9.47 Å². The molecule has 26 heavy (non-hydrogen) atoms. The molecule has 0 aliphatic carbocycles. The van der Waals surface area contributed by atoms with Gasteiger partial charge in [0.1, 0.15) is 11.5 Å². The number of nitrogens with one attached hydrogen (secondary N) is 2. The Morgan fingerprint density at radius 2 is 1.69 bits per heavy atom. The largest absolute Gasteiger partial charge is 0.493 e. The lowest BCUT2D eigenvalue weighted by Gasteiger charge is -2.11. The number of nitrogens with zero attached hydrogens (tertiary/aromatic N) is 1. The third-order valence-corrected chi connectivity index (χ3v) is 3.68. The van der Waals surface area contributed by atoms with Crippen LogP contribution in [0.15, 0.2) is 42.5 Å². The standard InChI is InChI=1S/C18H15F2N3O3/c1-25-16-7-12(20)14(9-17(16)26-2)21-18(24)15-8-13(22-23-15)10-3-5-11(19)6-4-10/h3-9H,1-2H3,(H,21,24)(H,22,23). The molecule has 0 saturated heterocycles. The minimum Gasteiger partial charge on any atom is -0.493 e. The SMILES string of the molecule is COc1cc(F)c(NC(=O)c2cc(-c3ccc(F)cc3)n[nH]2)cc1OC. The molecule has 0 aliphatic rings. The topological polar surface area (TPSA) is 76.2 Å². The van der Waals surface area contributed by atoms with Gasteiger partial charge in [-0.3, -0.25) is 9.89 Å². The molecule has 0 fully saturated rings. The lowest BCUT2D eigenvalue weighted by atomic mass is 10.1. The quantitative estimate of drug-likeness (QED) is 0.729. The van der Waals surface area contributed by atoms with Crippen molar-refractivity contribution in [3.63, 3.8) is 0 Å². The number of halogens is 2. The number of aromatic nitrogens is 2. The van der Waals surface area contributed by atoms with Gasteiger partial charge in [0.2, 0.25) is 0 Å². The fraction of sp³-hybridized carbons (Fsp3) is 0.111. The summed E-state index contributed by atoms with van der Waals surface area (Å²) in [6.07, 6.45) is 0. The molecule has 0 saturated carbocycles. The first kappa shape index (κ1) is 17.4. The van der Waals surface area contributed by atoms with Gasteiger partial charge in [-0.15, -0.1) is 0 Å². The van der Waals surface area contributed by atoms with E-state index in [1.165, 1.54) is 38.5 Å². The highest BCUT2D eigenvalue weighted by atomic mass is 19.1.